The molecule has 3 aromatic heterocycles. The first-order valence-corrected chi connectivity index (χ1v) is 10.2. The molecule has 1 atom stereocenters. The van der Waals surface area contributed by atoms with Crippen molar-refractivity contribution < 1.29 is 4.79 Å². The number of benzene rings is 1. The van der Waals surface area contributed by atoms with E-state index in [2.05, 4.69) is 9.97 Å². The third-order valence-electron chi connectivity index (χ3n) is 5.62. The summed E-state index contributed by atoms with van der Waals surface area (Å²) in [7, 11) is 0. The van der Waals surface area contributed by atoms with Crippen molar-refractivity contribution in [2.45, 2.75) is 19.4 Å². The number of hydrogen-bond donors (Lipinski definition) is 1. The molecule has 1 aliphatic heterocycles. The fourth-order valence-electron chi connectivity index (χ4n) is 4.05. The highest BCUT2D eigenvalue weighted by Crippen LogP contribution is 2.39. The second kappa shape index (κ2) is 7.24. The van der Waals surface area contributed by atoms with Crippen molar-refractivity contribution in [3.63, 3.8) is 0 Å². The maximum atomic E-state index is 13.5. The van der Waals surface area contributed by atoms with Crippen LogP contribution in [0.5, 0.6) is 0 Å². The number of carbonyl (C=O) groups excluding carboxylic acids is 1. The van der Waals surface area contributed by atoms with Crippen molar-refractivity contribution in [3.05, 3.63) is 81.6 Å². The lowest BCUT2D eigenvalue weighted by atomic mass is 9.97. The van der Waals surface area contributed by atoms with Gasteiger partial charge in [-0.25, -0.2) is 4.98 Å². The standard InChI is InChI=1S/C22H19ClN6O2/c1-13(30)15-11-25-22(24)26-20(15)28-10-8-17(28)18-12-27-9-7-16(23)19(27)21(31)29(18)14-5-3-2-4-6-14/h2-7,9,11-12,17H,8,10H2,1H3,(H2,24,25,26)/t17-/m0/s1. The van der Waals surface area contributed by atoms with Crippen LogP contribution in [0.3, 0.4) is 0 Å². The number of rotatable bonds is 4. The Morgan fingerprint density at radius 1 is 1.23 bits per heavy atom. The second-order valence-corrected chi connectivity index (χ2v) is 7.88. The third-order valence-corrected chi connectivity index (χ3v) is 5.92. The molecule has 1 fully saturated rings. The molecule has 0 bridgehead atoms. The van der Waals surface area contributed by atoms with Gasteiger partial charge in [-0.1, -0.05) is 29.8 Å². The molecule has 4 heterocycles. The zero-order valence-corrected chi connectivity index (χ0v) is 17.5. The van der Waals surface area contributed by atoms with Crippen molar-refractivity contribution in [3.8, 4) is 5.69 Å². The van der Waals surface area contributed by atoms with Crippen LogP contribution in [0.2, 0.25) is 5.02 Å². The van der Waals surface area contributed by atoms with E-state index in [4.69, 9.17) is 17.3 Å². The van der Waals surface area contributed by atoms with Gasteiger partial charge in [-0.15, -0.1) is 0 Å². The molecule has 0 aliphatic carbocycles. The molecule has 0 radical (unpaired) electrons. The molecule has 0 saturated carbocycles. The van der Waals surface area contributed by atoms with Crippen molar-refractivity contribution in [2.75, 3.05) is 17.2 Å². The maximum Gasteiger partial charge on any atom is 0.281 e. The van der Waals surface area contributed by atoms with Crippen molar-refractivity contribution in [2.24, 2.45) is 0 Å². The molecular weight excluding hydrogens is 416 g/mol. The van der Waals surface area contributed by atoms with Gasteiger partial charge >= 0.3 is 0 Å². The number of hydrogen-bond acceptors (Lipinski definition) is 6. The lowest BCUT2D eigenvalue weighted by Gasteiger charge is -2.43. The molecule has 31 heavy (non-hydrogen) atoms. The Balaban J connectivity index is 1.72. The molecule has 8 nitrogen and oxygen atoms in total. The van der Waals surface area contributed by atoms with E-state index in [-0.39, 0.29) is 23.3 Å². The Morgan fingerprint density at radius 2 is 2.00 bits per heavy atom. The fraction of sp³-hybridized carbons (Fsp3) is 0.182. The van der Waals surface area contributed by atoms with Gasteiger partial charge in [0.25, 0.3) is 5.56 Å². The van der Waals surface area contributed by atoms with E-state index in [9.17, 15) is 9.59 Å². The summed E-state index contributed by atoms with van der Waals surface area (Å²) in [6.07, 6.45) is 5.91. The molecule has 9 heteroatoms. The van der Waals surface area contributed by atoms with Gasteiger partial charge in [0, 0.05) is 30.8 Å². The summed E-state index contributed by atoms with van der Waals surface area (Å²) in [4.78, 5) is 35.9. The number of carbonyl (C=O) groups is 1. The van der Waals surface area contributed by atoms with Gasteiger partial charge in [-0.3, -0.25) is 14.2 Å². The number of fused-ring (bicyclic) bond motifs is 1. The number of Topliss-reactive ketones (excluding diaryl/α,β-unsaturated/α-hetero) is 1. The summed E-state index contributed by atoms with van der Waals surface area (Å²) in [5.41, 5.74) is 7.93. The van der Waals surface area contributed by atoms with E-state index in [0.29, 0.717) is 28.5 Å². The van der Waals surface area contributed by atoms with Crippen LogP contribution >= 0.6 is 11.6 Å². The average Bonchev–Trinajstić information content (AvgIpc) is 3.09. The number of halogens is 1. The Labute approximate surface area is 182 Å². The van der Waals surface area contributed by atoms with Crippen LogP contribution in [0.15, 0.2) is 59.8 Å². The van der Waals surface area contributed by atoms with Crippen LogP contribution in [0.4, 0.5) is 11.8 Å². The number of nitrogen functional groups attached to an aromatic ring is 1. The zero-order chi connectivity index (χ0) is 21.7. The van der Waals surface area contributed by atoms with Crippen LogP contribution in [-0.2, 0) is 0 Å². The summed E-state index contributed by atoms with van der Waals surface area (Å²) in [6.45, 7) is 2.15. The summed E-state index contributed by atoms with van der Waals surface area (Å²) < 4.78 is 3.42. The van der Waals surface area contributed by atoms with Gasteiger partial charge in [-0.2, -0.15) is 4.98 Å². The molecule has 2 N–H and O–H groups in total. The first-order valence-electron chi connectivity index (χ1n) is 9.83. The predicted octanol–water partition coefficient (Wildman–Crippen LogP) is 3.27. The number of ketones is 1. The minimum absolute atomic E-state index is 0.0961. The number of anilines is 2. The summed E-state index contributed by atoms with van der Waals surface area (Å²) in [5.74, 6) is 0.432. The van der Waals surface area contributed by atoms with Crippen molar-refractivity contribution in [1.82, 2.24) is 18.9 Å². The van der Waals surface area contributed by atoms with Gasteiger partial charge in [-0.05, 0) is 31.5 Å². The van der Waals surface area contributed by atoms with E-state index >= 15 is 0 Å². The summed E-state index contributed by atoms with van der Waals surface area (Å²) >= 11 is 6.30. The summed E-state index contributed by atoms with van der Waals surface area (Å²) in [6, 6.07) is 11.0. The molecule has 4 aromatic rings. The van der Waals surface area contributed by atoms with E-state index in [1.165, 1.54) is 13.1 Å². The Bertz CT molecular complexity index is 1380. The number of nitrogens with two attached hydrogens (primary N) is 1. The molecule has 0 amide bonds. The molecular formula is C22H19ClN6O2. The smallest absolute Gasteiger partial charge is 0.281 e. The first-order chi connectivity index (χ1) is 15.0. The quantitative estimate of drug-likeness (QED) is 0.495. The van der Waals surface area contributed by atoms with Crippen molar-refractivity contribution in [1.29, 1.82) is 0 Å². The van der Waals surface area contributed by atoms with Crippen LogP contribution in [-0.4, -0.2) is 31.3 Å². The van der Waals surface area contributed by atoms with E-state index < -0.39 is 0 Å². The molecule has 5 rings (SSSR count). The molecule has 156 valence electrons. The minimum Gasteiger partial charge on any atom is -0.368 e. The van der Waals surface area contributed by atoms with Crippen LogP contribution in [0.1, 0.15) is 35.4 Å². The third kappa shape index (κ3) is 3.07. The van der Waals surface area contributed by atoms with Gasteiger partial charge < -0.3 is 15.0 Å². The summed E-state index contributed by atoms with van der Waals surface area (Å²) in [5, 5.41) is 0.397. The van der Waals surface area contributed by atoms with Gasteiger partial charge in [0.1, 0.15) is 11.3 Å². The number of para-hydroxylation sites is 1. The molecule has 1 saturated heterocycles. The van der Waals surface area contributed by atoms with E-state index in [0.717, 1.165) is 17.8 Å². The van der Waals surface area contributed by atoms with Gasteiger partial charge in [0.2, 0.25) is 5.95 Å². The fourth-order valence-corrected chi connectivity index (χ4v) is 4.28. The monoisotopic (exact) mass is 434 g/mol. The largest absolute Gasteiger partial charge is 0.368 e. The zero-order valence-electron chi connectivity index (χ0n) is 16.7. The molecule has 0 unspecified atom stereocenters. The number of aromatic nitrogens is 4. The van der Waals surface area contributed by atoms with Gasteiger partial charge in [0.15, 0.2) is 5.78 Å². The highest BCUT2D eigenvalue weighted by Gasteiger charge is 2.36. The maximum absolute atomic E-state index is 13.5. The predicted molar refractivity (Wildman–Crippen MR) is 119 cm³/mol. The Kier molecular flexibility index (Phi) is 4.51. The Hall–Kier alpha value is -3.65. The van der Waals surface area contributed by atoms with Crippen LogP contribution in [0.25, 0.3) is 11.2 Å². The van der Waals surface area contributed by atoms with Crippen LogP contribution < -0.4 is 16.2 Å². The normalized spacial score (nSPS) is 15.8. The second-order valence-electron chi connectivity index (χ2n) is 7.47. The first kappa shape index (κ1) is 19.3. The molecule has 0 spiro atoms. The highest BCUT2D eigenvalue weighted by molar-refractivity contribution is 6.33. The van der Waals surface area contributed by atoms with E-state index in [1.807, 2.05) is 41.4 Å². The van der Waals surface area contributed by atoms with Gasteiger partial charge in [0.05, 0.1) is 22.3 Å². The number of nitrogens with zero attached hydrogens (tertiary/aromatic N) is 5. The SMILES string of the molecule is CC(=O)c1cnc(N)nc1N1CC[C@H]1c1cn2ccc(Cl)c2c(=O)n1-c1ccccc1. The topological polar surface area (TPSA) is 98.5 Å². The lowest BCUT2D eigenvalue weighted by molar-refractivity contribution is 0.101. The van der Waals surface area contributed by atoms with Crippen molar-refractivity contribution >= 4 is 34.7 Å². The molecule has 1 aromatic carbocycles. The molecule has 1 aliphatic rings. The minimum atomic E-state index is -0.209. The highest BCUT2D eigenvalue weighted by atomic mass is 35.5. The van der Waals surface area contributed by atoms with E-state index in [1.54, 1.807) is 21.2 Å². The average molecular weight is 435 g/mol. The lowest BCUT2D eigenvalue weighted by Crippen LogP contribution is -2.45. The van der Waals surface area contributed by atoms with Crippen LogP contribution in [0, 0.1) is 0 Å². The Morgan fingerprint density at radius 3 is 2.68 bits per heavy atom.